The topological polar surface area (TPSA) is 36.4 Å². The highest BCUT2D eigenvalue weighted by molar-refractivity contribution is 5.27. The summed E-state index contributed by atoms with van der Waals surface area (Å²) in [4.78, 5) is 6.43. The van der Waals surface area contributed by atoms with E-state index in [1.54, 1.807) is 6.20 Å². The summed E-state index contributed by atoms with van der Waals surface area (Å²) in [6.07, 6.45) is 10.3. The van der Waals surface area contributed by atoms with Crippen LogP contribution in [-0.2, 0) is 0 Å². The van der Waals surface area contributed by atoms with Gasteiger partial charge in [0.05, 0.1) is 11.6 Å². The molecule has 1 aliphatic rings. The maximum atomic E-state index is 11.0. The Balaban J connectivity index is 2.35. The Morgan fingerprint density at radius 2 is 1.84 bits per heavy atom. The minimum Gasteiger partial charge on any atom is -0.386 e. The van der Waals surface area contributed by atoms with Crippen molar-refractivity contribution in [2.45, 2.75) is 57.1 Å². The molecule has 0 aromatic carbocycles. The maximum absolute atomic E-state index is 11.0. The Morgan fingerprint density at radius 1 is 1.21 bits per heavy atom. The third-order valence-corrected chi connectivity index (χ3v) is 4.74. The van der Waals surface area contributed by atoms with Gasteiger partial charge in [-0.15, -0.1) is 0 Å². The standard InChI is InChI=1S/C16H26N2O/c1-13-8-11-17-12-14(13)15(19)16(18(2)3)9-6-4-5-7-10-16/h8,11-12,15,19H,4-7,9-10H2,1-3H3. The zero-order chi connectivity index (χ0) is 13.9. The van der Waals surface area contributed by atoms with E-state index in [1.807, 2.05) is 12.3 Å². The predicted octanol–water partition coefficient (Wildman–Crippen LogP) is 3.08. The summed E-state index contributed by atoms with van der Waals surface area (Å²) in [6, 6.07) is 1.98. The highest BCUT2D eigenvalue weighted by Crippen LogP contribution is 2.41. The first-order chi connectivity index (χ1) is 9.08. The zero-order valence-corrected chi connectivity index (χ0v) is 12.4. The Bertz CT molecular complexity index is 409. The average molecular weight is 262 g/mol. The Hall–Kier alpha value is -0.930. The van der Waals surface area contributed by atoms with Gasteiger partial charge in [0.25, 0.3) is 0 Å². The van der Waals surface area contributed by atoms with Crippen LogP contribution < -0.4 is 0 Å². The number of aliphatic hydroxyl groups is 1. The van der Waals surface area contributed by atoms with Gasteiger partial charge in [-0.05, 0) is 45.5 Å². The van der Waals surface area contributed by atoms with Gasteiger partial charge in [-0.25, -0.2) is 0 Å². The molecule has 1 heterocycles. The van der Waals surface area contributed by atoms with Crippen LogP contribution in [-0.4, -0.2) is 34.6 Å². The van der Waals surface area contributed by atoms with Crippen LogP contribution in [0.3, 0.4) is 0 Å². The van der Waals surface area contributed by atoms with Gasteiger partial charge >= 0.3 is 0 Å². The van der Waals surface area contributed by atoms with Crippen molar-refractivity contribution < 1.29 is 5.11 Å². The molecule has 1 unspecified atom stereocenters. The van der Waals surface area contributed by atoms with E-state index in [-0.39, 0.29) is 5.54 Å². The van der Waals surface area contributed by atoms with Gasteiger partial charge in [-0.3, -0.25) is 4.98 Å². The summed E-state index contributed by atoms with van der Waals surface area (Å²) >= 11 is 0. The maximum Gasteiger partial charge on any atom is 0.0990 e. The van der Waals surface area contributed by atoms with Gasteiger partial charge in [0, 0.05) is 18.0 Å². The lowest BCUT2D eigenvalue weighted by Gasteiger charge is -2.43. The zero-order valence-electron chi connectivity index (χ0n) is 12.4. The molecule has 2 rings (SSSR count). The largest absolute Gasteiger partial charge is 0.386 e. The number of pyridine rings is 1. The fraction of sp³-hybridized carbons (Fsp3) is 0.688. The molecule has 3 heteroatoms. The molecule has 1 N–H and O–H groups in total. The molecule has 1 aromatic heterocycles. The van der Waals surface area contributed by atoms with Crippen molar-refractivity contribution in [3.8, 4) is 0 Å². The molecule has 1 aromatic rings. The van der Waals surface area contributed by atoms with Crippen molar-refractivity contribution in [1.82, 2.24) is 9.88 Å². The molecule has 1 aliphatic carbocycles. The second-order valence-corrected chi connectivity index (χ2v) is 6.05. The minimum absolute atomic E-state index is 0.135. The van der Waals surface area contributed by atoms with Crippen molar-refractivity contribution in [1.29, 1.82) is 0 Å². The molecule has 0 saturated heterocycles. The van der Waals surface area contributed by atoms with Crippen molar-refractivity contribution in [3.63, 3.8) is 0 Å². The highest BCUT2D eigenvalue weighted by Gasteiger charge is 2.41. The van der Waals surface area contributed by atoms with E-state index >= 15 is 0 Å². The second-order valence-electron chi connectivity index (χ2n) is 6.05. The molecule has 19 heavy (non-hydrogen) atoms. The number of hydrogen-bond donors (Lipinski definition) is 1. The number of aliphatic hydroxyl groups excluding tert-OH is 1. The summed E-state index contributed by atoms with van der Waals surface area (Å²) in [6.45, 7) is 2.06. The SMILES string of the molecule is Cc1ccncc1C(O)C1(N(C)C)CCCCCC1. The molecular weight excluding hydrogens is 236 g/mol. The third-order valence-electron chi connectivity index (χ3n) is 4.74. The number of aryl methyl sites for hydroxylation is 1. The first-order valence-corrected chi connectivity index (χ1v) is 7.34. The van der Waals surface area contributed by atoms with Crippen molar-refractivity contribution >= 4 is 0 Å². The van der Waals surface area contributed by atoms with Gasteiger partial charge in [-0.2, -0.15) is 0 Å². The van der Waals surface area contributed by atoms with E-state index in [4.69, 9.17) is 0 Å². The summed E-state index contributed by atoms with van der Waals surface area (Å²) in [5.74, 6) is 0. The fourth-order valence-electron chi connectivity index (χ4n) is 3.36. The quantitative estimate of drug-likeness (QED) is 0.850. The van der Waals surface area contributed by atoms with E-state index in [1.165, 1.54) is 25.7 Å². The van der Waals surface area contributed by atoms with Gasteiger partial charge in [-0.1, -0.05) is 25.7 Å². The third kappa shape index (κ3) is 2.82. The van der Waals surface area contributed by atoms with Crippen LogP contribution in [0.5, 0.6) is 0 Å². The number of aromatic nitrogens is 1. The van der Waals surface area contributed by atoms with E-state index in [2.05, 4.69) is 30.9 Å². The van der Waals surface area contributed by atoms with Gasteiger partial charge < -0.3 is 10.0 Å². The molecule has 1 fully saturated rings. The predicted molar refractivity (Wildman–Crippen MR) is 78.1 cm³/mol. The number of nitrogens with zero attached hydrogens (tertiary/aromatic N) is 2. The molecular formula is C16H26N2O. The summed E-state index contributed by atoms with van der Waals surface area (Å²) < 4.78 is 0. The van der Waals surface area contributed by atoms with E-state index < -0.39 is 6.10 Å². The van der Waals surface area contributed by atoms with Crippen LogP contribution >= 0.6 is 0 Å². The van der Waals surface area contributed by atoms with Crippen LogP contribution in [0.15, 0.2) is 18.5 Å². The van der Waals surface area contributed by atoms with Gasteiger partial charge in [0.2, 0.25) is 0 Å². The minimum atomic E-state index is -0.450. The second kappa shape index (κ2) is 6.02. The van der Waals surface area contributed by atoms with Crippen molar-refractivity contribution in [2.24, 2.45) is 0 Å². The van der Waals surface area contributed by atoms with Crippen LogP contribution in [0.1, 0.15) is 55.8 Å². The van der Waals surface area contributed by atoms with Crippen molar-refractivity contribution in [3.05, 3.63) is 29.6 Å². The fourth-order valence-corrected chi connectivity index (χ4v) is 3.36. The lowest BCUT2D eigenvalue weighted by Crippen LogP contribution is -2.49. The lowest BCUT2D eigenvalue weighted by atomic mass is 9.79. The molecule has 0 bridgehead atoms. The van der Waals surface area contributed by atoms with Gasteiger partial charge in [0.15, 0.2) is 0 Å². The summed E-state index contributed by atoms with van der Waals surface area (Å²) in [5, 5.41) is 11.0. The van der Waals surface area contributed by atoms with Crippen LogP contribution in [0.2, 0.25) is 0 Å². The smallest absolute Gasteiger partial charge is 0.0990 e. The molecule has 1 atom stereocenters. The van der Waals surface area contributed by atoms with E-state index in [0.717, 1.165) is 24.0 Å². The van der Waals surface area contributed by atoms with Crippen LogP contribution in [0.25, 0.3) is 0 Å². The molecule has 3 nitrogen and oxygen atoms in total. The molecule has 0 amide bonds. The Labute approximate surface area is 116 Å². The number of rotatable bonds is 3. The summed E-state index contributed by atoms with van der Waals surface area (Å²) in [5.41, 5.74) is 1.98. The first kappa shape index (κ1) is 14.5. The monoisotopic (exact) mass is 262 g/mol. The van der Waals surface area contributed by atoms with Gasteiger partial charge in [0.1, 0.15) is 0 Å². The number of likely N-dealkylation sites (N-methyl/N-ethyl adjacent to an activating group) is 1. The molecule has 1 saturated carbocycles. The summed E-state index contributed by atoms with van der Waals surface area (Å²) in [7, 11) is 4.19. The van der Waals surface area contributed by atoms with E-state index in [0.29, 0.717) is 0 Å². The van der Waals surface area contributed by atoms with Crippen molar-refractivity contribution in [2.75, 3.05) is 14.1 Å². The Morgan fingerprint density at radius 3 is 2.37 bits per heavy atom. The molecule has 0 spiro atoms. The number of hydrogen-bond acceptors (Lipinski definition) is 3. The normalized spacial score (nSPS) is 21.1. The van der Waals surface area contributed by atoms with E-state index in [9.17, 15) is 5.11 Å². The highest BCUT2D eigenvalue weighted by atomic mass is 16.3. The molecule has 106 valence electrons. The van der Waals surface area contributed by atoms with Crippen LogP contribution in [0.4, 0.5) is 0 Å². The lowest BCUT2D eigenvalue weighted by molar-refractivity contribution is -0.0203. The Kier molecular flexibility index (Phi) is 4.58. The average Bonchev–Trinajstić information content (AvgIpc) is 2.65. The molecule has 0 radical (unpaired) electrons. The first-order valence-electron chi connectivity index (χ1n) is 7.34. The van der Waals surface area contributed by atoms with Crippen LogP contribution in [0, 0.1) is 6.92 Å². The molecule has 0 aliphatic heterocycles.